The molecule has 3 aliphatic rings. The van der Waals surface area contributed by atoms with Crippen LogP contribution in [0.4, 0.5) is 5.69 Å². The maximum absolute atomic E-state index is 13.2. The predicted molar refractivity (Wildman–Crippen MR) is 119 cm³/mol. The van der Waals surface area contributed by atoms with E-state index in [1.54, 1.807) is 25.3 Å². The molecular formula is C23H26ClN3O4. The number of fused-ring (bicyclic) bond motifs is 2. The molecule has 2 aromatic carbocycles. The Bertz CT molecular complexity index is 997. The van der Waals surface area contributed by atoms with Crippen molar-refractivity contribution in [1.29, 1.82) is 0 Å². The van der Waals surface area contributed by atoms with E-state index in [4.69, 9.17) is 9.47 Å². The lowest BCUT2D eigenvalue weighted by atomic mass is 9.89. The van der Waals surface area contributed by atoms with E-state index in [0.717, 1.165) is 25.4 Å². The monoisotopic (exact) mass is 443 g/mol. The van der Waals surface area contributed by atoms with Gasteiger partial charge in [0, 0.05) is 37.2 Å². The minimum Gasteiger partial charge on any atom is -0.497 e. The molecule has 2 fully saturated rings. The lowest BCUT2D eigenvalue weighted by molar-refractivity contribution is -0.118. The van der Waals surface area contributed by atoms with Crippen molar-refractivity contribution in [3.63, 3.8) is 0 Å². The number of benzene rings is 2. The maximum atomic E-state index is 13.2. The van der Waals surface area contributed by atoms with Crippen LogP contribution in [0, 0.1) is 11.8 Å². The molecule has 0 bridgehead atoms. The zero-order valence-electron chi connectivity index (χ0n) is 17.5. The van der Waals surface area contributed by atoms with Crippen molar-refractivity contribution in [2.45, 2.75) is 6.04 Å². The van der Waals surface area contributed by atoms with E-state index < -0.39 is 0 Å². The van der Waals surface area contributed by atoms with Gasteiger partial charge in [-0.2, -0.15) is 0 Å². The molecule has 7 nitrogen and oxygen atoms in total. The van der Waals surface area contributed by atoms with Gasteiger partial charge in [-0.3, -0.25) is 14.5 Å². The second-order valence-electron chi connectivity index (χ2n) is 8.34. The number of nitrogens with zero attached hydrogens (tertiary/aromatic N) is 2. The standard InChI is InChI=1S/C23H25N3O4.ClH/c1-25-10-16-11-26(12-18(16)22(25)14-3-6-17(29-2)7-4-14)23(28)15-5-8-19-20(9-15)30-13-21(27)24-19;/h3-9,16,18,22H,10-13H2,1-2H3,(H,24,27);1H/t16-,18+,22+;/m0./s1. The third kappa shape index (κ3) is 3.83. The van der Waals surface area contributed by atoms with Gasteiger partial charge in [-0.15, -0.1) is 12.4 Å². The van der Waals surface area contributed by atoms with Crippen LogP contribution in [0.3, 0.4) is 0 Å². The van der Waals surface area contributed by atoms with Crippen molar-refractivity contribution in [3.05, 3.63) is 53.6 Å². The highest BCUT2D eigenvalue weighted by Gasteiger charge is 2.47. The molecule has 3 aliphatic heterocycles. The minimum absolute atomic E-state index is 0. The fraction of sp³-hybridized carbons (Fsp3) is 0.391. The molecule has 2 saturated heterocycles. The highest BCUT2D eigenvalue weighted by atomic mass is 35.5. The Labute approximate surface area is 187 Å². The van der Waals surface area contributed by atoms with Crippen LogP contribution in [0.25, 0.3) is 0 Å². The van der Waals surface area contributed by atoms with Gasteiger partial charge < -0.3 is 19.7 Å². The second kappa shape index (κ2) is 8.40. The Kier molecular flexibility index (Phi) is 5.81. The summed E-state index contributed by atoms with van der Waals surface area (Å²) in [4.78, 5) is 29.0. The number of ether oxygens (including phenoxy) is 2. The number of carbonyl (C=O) groups is 2. The molecule has 0 unspecified atom stereocenters. The topological polar surface area (TPSA) is 71.1 Å². The number of rotatable bonds is 3. The minimum atomic E-state index is -0.178. The Morgan fingerprint density at radius 1 is 1.13 bits per heavy atom. The zero-order chi connectivity index (χ0) is 20.8. The van der Waals surface area contributed by atoms with Crippen molar-refractivity contribution in [1.82, 2.24) is 9.80 Å². The Morgan fingerprint density at radius 2 is 1.90 bits per heavy atom. The van der Waals surface area contributed by atoms with E-state index in [0.29, 0.717) is 34.9 Å². The number of hydrogen-bond acceptors (Lipinski definition) is 5. The van der Waals surface area contributed by atoms with Gasteiger partial charge in [0.2, 0.25) is 0 Å². The van der Waals surface area contributed by atoms with Gasteiger partial charge >= 0.3 is 0 Å². The molecule has 8 heteroatoms. The number of halogens is 1. The quantitative estimate of drug-likeness (QED) is 0.789. The van der Waals surface area contributed by atoms with Crippen molar-refractivity contribution in [2.24, 2.45) is 11.8 Å². The number of nitrogens with one attached hydrogen (secondary N) is 1. The summed E-state index contributed by atoms with van der Waals surface area (Å²) < 4.78 is 10.8. The number of likely N-dealkylation sites (tertiary alicyclic amines) is 2. The van der Waals surface area contributed by atoms with E-state index in [9.17, 15) is 9.59 Å². The van der Waals surface area contributed by atoms with E-state index in [1.807, 2.05) is 17.0 Å². The van der Waals surface area contributed by atoms with Gasteiger partial charge in [-0.05, 0) is 48.9 Å². The van der Waals surface area contributed by atoms with Crippen molar-refractivity contribution in [2.75, 3.05) is 45.7 Å². The first-order chi connectivity index (χ1) is 14.5. The maximum Gasteiger partial charge on any atom is 0.262 e. The van der Waals surface area contributed by atoms with Crippen LogP contribution in [0.1, 0.15) is 22.0 Å². The molecule has 164 valence electrons. The number of hydrogen-bond donors (Lipinski definition) is 1. The molecule has 2 amide bonds. The summed E-state index contributed by atoms with van der Waals surface area (Å²) in [7, 11) is 3.83. The van der Waals surface area contributed by atoms with Gasteiger partial charge in [0.15, 0.2) is 6.61 Å². The SMILES string of the molecule is COc1ccc([C@@H]2[C@@H]3CN(C(=O)c4ccc5c(c4)OCC(=O)N5)C[C@@H]3CN2C)cc1.Cl. The highest BCUT2D eigenvalue weighted by Crippen LogP contribution is 2.44. The summed E-state index contributed by atoms with van der Waals surface area (Å²) in [6.45, 7) is 2.45. The van der Waals surface area contributed by atoms with Crippen LogP contribution in [0.2, 0.25) is 0 Å². The first-order valence-corrected chi connectivity index (χ1v) is 10.2. The fourth-order valence-corrected chi connectivity index (χ4v) is 5.12. The molecule has 2 aromatic rings. The van der Waals surface area contributed by atoms with E-state index in [-0.39, 0.29) is 30.8 Å². The number of amides is 2. The van der Waals surface area contributed by atoms with E-state index in [2.05, 4.69) is 29.4 Å². The zero-order valence-corrected chi connectivity index (χ0v) is 18.4. The van der Waals surface area contributed by atoms with Crippen LogP contribution in [-0.2, 0) is 4.79 Å². The van der Waals surface area contributed by atoms with E-state index >= 15 is 0 Å². The number of carbonyl (C=O) groups excluding carboxylic acids is 2. The van der Waals surface area contributed by atoms with Crippen LogP contribution < -0.4 is 14.8 Å². The first kappa shape index (κ1) is 21.5. The lowest BCUT2D eigenvalue weighted by Crippen LogP contribution is -2.33. The summed E-state index contributed by atoms with van der Waals surface area (Å²) >= 11 is 0. The molecule has 0 radical (unpaired) electrons. The third-order valence-electron chi connectivity index (χ3n) is 6.50. The van der Waals surface area contributed by atoms with Gasteiger partial charge in [0.05, 0.1) is 12.8 Å². The largest absolute Gasteiger partial charge is 0.497 e. The molecular weight excluding hydrogens is 418 g/mol. The number of methoxy groups -OCH3 is 1. The second-order valence-corrected chi connectivity index (χ2v) is 8.34. The predicted octanol–water partition coefficient (Wildman–Crippen LogP) is 2.82. The van der Waals surface area contributed by atoms with Gasteiger partial charge in [0.1, 0.15) is 11.5 Å². The van der Waals surface area contributed by atoms with Crippen LogP contribution >= 0.6 is 12.4 Å². The molecule has 3 heterocycles. The van der Waals surface area contributed by atoms with Crippen LogP contribution in [0.5, 0.6) is 11.5 Å². The van der Waals surface area contributed by atoms with Gasteiger partial charge in [0.25, 0.3) is 11.8 Å². The molecule has 0 spiro atoms. The molecule has 0 saturated carbocycles. The van der Waals surface area contributed by atoms with Crippen molar-refractivity contribution < 1.29 is 19.1 Å². The van der Waals surface area contributed by atoms with Crippen molar-refractivity contribution >= 4 is 29.9 Å². The molecule has 3 atom stereocenters. The van der Waals surface area contributed by atoms with Crippen molar-refractivity contribution in [3.8, 4) is 11.5 Å². The Hall–Kier alpha value is -2.77. The summed E-state index contributed by atoms with van der Waals surface area (Å²) in [6.07, 6.45) is 0. The molecule has 0 aliphatic carbocycles. The molecule has 31 heavy (non-hydrogen) atoms. The fourth-order valence-electron chi connectivity index (χ4n) is 5.12. The molecule has 0 aromatic heterocycles. The highest BCUT2D eigenvalue weighted by molar-refractivity contribution is 5.99. The summed E-state index contributed by atoms with van der Waals surface area (Å²) in [5.41, 5.74) is 2.47. The summed E-state index contributed by atoms with van der Waals surface area (Å²) in [5, 5.41) is 2.76. The smallest absolute Gasteiger partial charge is 0.262 e. The van der Waals surface area contributed by atoms with Crippen LogP contribution in [-0.4, -0.2) is 62.0 Å². The average Bonchev–Trinajstić information content (AvgIpc) is 3.29. The normalized spacial score (nSPS) is 24.5. The summed E-state index contributed by atoms with van der Waals surface area (Å²) in [6, 6.07) is 13.8. The molecule has 5 rings (SSSR count). The summed E-state index contributed by atoms with van der Waals surface area (Å²) in [5.74, 6) is 2.10. The van der Waals surface area contributed by atoms with E-state index in [1.165, 1.54) is 5.56 Å². The molecule has 1 N–H and O–H groups in total. The first-order valence-electron chi connectivity index (χ1n) is 10.2. The van der Waals surface area contributed by atoms with Crippen LogP contribution in [0.15, 0.2) is 42.5 Å². The third-order valence-corrected chi connectivity index (χ3v) is 6.50. The number of anilines is 1. The Morgan fingerprint density at radius 3 is 2.65 bits per heavy atom. The average molecular weight is 444 g/mol. The lowest BCUT2D eigenvalue weighted by Gasteiger charge is -2.27. The van der Waals surface area contributed by atoms with Gasteiger partial charge in [-0.1, -0.05) is 12.1 Å². The van der Waals surface area contributed by atoms with Gasteiger partial charge in [-0.25, -0.2) is 0 Å². The Balaban J connectivity index is 0.00000231.